The molecule has 6 aliphatic heterocycles. The number of rotatable bonds is 20. The zero-order chi connectivity index (χ0) is 78.6. The molecule has 11 aliphatic rings. The number of aliphatic hydroxyl groups is 18. The van der Waals surface area contributed by atoms with Crippen LogP contribution in [0.2, 0.25) is 0 Å². The second-order valence-electron chi connectivity index (χ2n) is 34.1. The smallest absolute Gasteiger partial charge is 0.317 e. The number of ether oxygens (including phenoxy) is 14. The van der Waals surface area contributed by atoms with Crippen molar-refractivity contribution in [1.82, 2.24) is 0 Å². The van der Waals surface area contributed by atoms with Gasteiger partial charge in [-0.3, -0.25) is 14.4 Å². The number of carbonyl (C=O) groups excluding carboxylic acids is 3. The Morgan fingerprint density at radius 2 is 1.08 bits per heavy atom. The molecule has 0 aromatic carbocycles. The first kappa shape index (κ1) is 84.9. The molecule has 6 heterocycles. The highest BCUT2D eigenvalue weighted by molar-refractivity contribution is 5.80. The number of esters is 3. The van der Waals surface area contributed by atoms with Crippen LogP contribution in [-0.2, 0) is 80.7 Å². The standard InChI is InChI=1S/C72H116O35/c1-27(75)18-41(80)96-28(2)19-42(81)101-55-31(5)99-65(58(51(55)90)105-63-50(89)47(86)54(30(4)98-63)102-61-52(91)56(36(78)25-95-61)103-62-49(88)46(85)43(82)29(3)97-62)107-66(93)72-17-16-67(6,7)20-33(72)32-12-13-39-68(8)21-34(76)59(69(9,26-74)38(68)14-15-70(39,10)71(32,11)22-40(72)79)106-64-53(92)57(45(84)37(23-73)100-64)104-60-48(87)44(83)35(77)24-94-60/h12,27-31,33-40,43-65,73-79,82-92H,13-26H2,1-11H3/t27?,28?,29-,30-,31+,33-,34-,35+,36+,37+,38?,39+,40+,43-,44-,45+,46+,47-,48+,49+,50+,51-,52+,53+,54-,55-,56-,57-,58+,59-,60-,61-,62-,63-,64-,65-,68-,69-,70+,71+,72+/m0/s1. The molecule has 41 atom stereocenters. The Kier molecular flexibility index (Phi) is 25.7. The van der Waals surface area contributed by atoms with Gasteiger partial charge in [0.15, 0.2) is 43.7 Å². The van der Waals surface area contributed by atoms with E-state index in [-0.39, 0.29) is 31.6 Å². The Bertz CT molecular complexity index is 3090. The Labute approximate surface area is 619 Å². The molecule has 3 unspecified atom stereocenters. The van der Waals surface area contributed by atoms with Gasteiger partial charge in [0.2, 0.25) is 6.29 Å². The SMILES string of the molecule is CC(O)CC(=O)OC(C)CC(=O)O[C@@H]1[C@H](O)[C@@H](O[C@@H]2O[C@@H](C)[C@H](O[C@@H]3OC[C@@H](O)[C@H](O[C@@H]4O[C@@H](C)[C@H](O)[C@@H](O)[C@H]4O)[C@H]3O)[C@@H](O)[C@H]2O)[C@H](OC(=O)[C@]23CCC(C)(C)C[C@H]2C2=CC[C@@H]4[C@@]5(C)C[C@H](O)[C@H](O[C@@H]6O[C@H](CO)[C@@H](O)[C@H](O[C@@H]7OC[C@@H](O)[C@H](O)[C@H]7O)[C@H]6O)[C@@](C)(CO)C5CC[C@@]4(C)[C@]2(C)C[C@H]3O)O[C@@H]1C. The van der Waals surface area contributed by atoms with Crippen LogP contribution in [-0.4, -0.2) is 339 Å². The van der Waals surface area contributed by atoms with E-state index in [4.69, 9.17) is 66.3 Å². The van der Waals surface area contributed by atoms with Crippen LogP contribution in [0.4, 0.5) is 0 Å². The van der Waals surface area contributed by atoms with E-state index < -0.39 is 298 Å². The maximum atomic E-state index is 16.0. The summed E-state index contributed by atoms with van der Waals surface area (Å²) in [5.74, 6) is -4.13. The van der Waals surface area contributed by atoms with E-state index in [0.29, 0.717) is 32.1 Å². The lowest BCUT2D eigenvalue weighted by molar-refractivity contribution is -0.380. The van der Waals surface area contributed by atoms with E-state index in [1.54, 1.807) is 6.92 Å². The summed E-state index contributed by atoms with van der Waals surface area (Å²) in [6, 6.07) is 0. The van der Waals surface area contributed by atoms with Crippen LogP contribution in [0.3, 0.4) is 0 Å². The fourth-order valence-electron chi connectivity index (χ4n) is 20.2. The molecule has 6 saturated heterocycles. The Morgan fingerprint density at radius 1 is 0.514 bits per heavy atom. The molecule has 10 fully saturated rings. The minimum atomic E-state index is -2.12. The van der Waals surface area contributed by atoms with Gasteiger partial charge in [-0.05, 0) is 125 Å². The van der Waals surface area contributed by atoms with Crippen molar-refractivity contribution in [2.45, 2.75) is 343 Å². The van der Waals surface area contributed by atoms with Gasteiger partial charge < -0.3 is 158 Å². The van der Waals surface area contributed by atoms with Crippen molar-refractivity contribution in [2.75, 3.05) is 26.4 Å². The first-order valence-corrected chi connectivity index (χ1v) is 37.6. The third-order valence-corrected chi connectivity index (χ3v) is 26.3. The highest BCUT2D eigenvalue weighted by Crippen LogP contribution is 2.76. The fourth-order valence-corrected chi connectivity index (χ4v) is 20.2. The van der Waals surface area contributed by atoms with E-state index in [0.717, 1.165) is 5.57 Å². The molecule has 11 rings (SSSR count). The maximum Gasteiger partial charge on any atom is 0.317 e. The lowest BCUT2D eigenvalue weighted by Gasteiger charge is -2.72. The van der Waals surface area contributed by atoms with Crippen molar-refractivity contribution in [3.8, 4) is 0 Å². The number of carbonyl (C=O) groups is 3. The lowest BCUT2D eigenvalue weighted by Crippen LogP contribution is -2.71. The van der Waals surface area contributed by atoms with Gasteiger partial charge in [0.1, 0.15) is 115 Å². The minimum Gasteiger partial charge on any atom is -0.462 e. The average molecular weight is 1540 g/mol. The summed E-state index contributed by atoms with van der Waals surface area (Å²) in [6.45, 7) is 16.9. The highest BCUT2D eigenvalue weighted by atomic mass is 16.8. The number of fused-ring (bicyclic) bond motifs is 7. The molecule has 0 spiro atoms. The van der Waals surface area contributed by atoms with Crippen LogP contribution in [0.25, 0.3) is 0 Å². The predicted molar refractivity (Wildman–Crippen MR) is 356 cm³/mol. The van der Waals surface area contributed by atoms with Crippen molar-refractivity contribution in [3.63, 3.8) is 0 Å². The Hall–Kier alpha value is -3.01. The second kappa shape index (κ2) is 32.3. The quantitative estimate of drug-likeness (QED) is 0.0237. The van der Waals surface area contributed by atoms with Gasteiger partial charge in [-0.15, -0.1) is 0 Å². The zero-order valence-electron chi connectivity index (χ0n) is 62.3. The molecule has 107 heavy (non-hydrogen) atoms. The highest BCUT2D eigenvalue weighted by Gasteiger charge is 2.74. The van der Waals surface area contributed by atoms with Gasteiger partial charge in [-0.2, -0.15) is 0 Å². The second-order valence-corrected chi connectivity index (χ2v) is 34.1. The molecule has 0 aromatic rings. The maximum absolute atomic E-state index is 16.0. The van der Waals surface area contributed by atoms with Gasteiger partial charge >= 0.3 is 17.9 Å². The first-order valence-electron chi connectivity index (χ1n) is 37.6. The molecule has 0 radical (unpaired) electrons. The fraction of sp³-hybridized carbons (Fsp3) is 0.931. The first-order chi connectivity index (χ1) is 50.0. The number of hydrogen-bond acceptors (Lipinski definition) is 35. The molecule has 5 aliphatic carbocycles. The molecule has 0 amide bonds. The summed E-state index contributed by atoms with van der Waals surface area (Å²) in [5.41, 5.74) is -4.86. The van der Waals surface area contributed by atoms with E-state index >= 15 is 4.79 Å². The molecular formula is C72H116O35. The number of hydrogen-bond donors (Lipinski definition) is 18. The van der Waals surface area contributed by atoms with Gasteiger partial charge in [-0.25, -0.2) is 0 Å². The summed E-state index contributed by atoms with van der Waals surface area (Å²) in [6.07, 6.45) is -50.1. The van der Waals surface area contributed by atoms with Crippen LogP contribution in [0.1, 0.15) is 140 Å². The van der Waals surface area contributed by atoms with Crippen LogP contribution < -0.4 is 0 Å². The van der Waals surface area contributed by atoms with Gasteiger partial charge in [0.05, 0.1) is 82.0 Å². The van der Waals surface area contributed by atoms with Crippen molar-refractivity contribution >= 4 is 17.9 Å². The average Bonchev–Trinajstić information content (AvgIpc) is 0.668. The molecule has 0 bridgehead atoms. The van der Waals surface area contributed by atoms with Gasteiger partial charge in [-0.1, -0.05) is 53.2 Å². The number of allylic oxidation sites excluding steroid dienone is 2. The van der Waals surface area contributed by atoms with E-state index in [9.17, 15) is 102 Å². The molecule has 4 saturated carbocycles. The molecule has 0 aromatic heterocycles. The summed E-state index contributed by atoms with van der Waals surface area (Å²) in [4.78, 5) is 42.2. The van der Waals surface area contributed by atoms with Crippen LogP contribution in [0, 0.1) is 50.2 Å². The Balaban J connectivity index is 0.840. The van der Waals surface area contributed by atoms with Crippen molar-refractivity contribution in [3.05, 3.63) is 11.6 Å². The third-order valence-electron chi connectivity index (χ3n) is 26.3. The third kappa shape index (κ3) is 15.5. The minimum absolute atomic E-state index is 0.0186. The summed E-state index contributed by atoms with van der Waals surface area (Å²) in [7, 11) is 0. The van der Waals surface area contributed by atoms with Gasteiger partial charge in [0, 0.05) is 5.41 Å². The van der Waals surface area contributed by atoms with Crippen molar-refractivity contribution in [2.24, 2.45) is 50.2 Å². The van der Waals surface area contributed by atoms with E-state index in [1.807, 2.05) is 0 Å². The van der Waals surface area contributed by atoms with Crippen LogP contribution >= 0.6 is 0 Å². The topological polar surface area (TPSA) is 545 Å². The summed E-state index contributed by atoms with van der Waals surface area (Å²) in [5, 5.41) is 202. The Morgan fingerprint density at radius 3 is 1.74 bits per heavy atom. The number of aliphatic hydroxyl groups excluding tert-OH is 18. The zero-order valence-corrected chi connectivity index (χ0v) is 62.3. The van der Waals surface area contributed by atoms with Gasteiger partial charge in [0.25, 0.3) is 0 Å². The lowest BCUT2D eigenvalue weighted by atomic mass is 9.33. The normalized spacial score (nSPS) is 51.9. The van der Waals surface area contributed by atoms with E-state index in [2.05, 4.69) is 40.7 Å². The largest absolute Gasteiger partial charge is 0.462 e. The summed E-state index contributed by atoms with van der Waals surface area (Å²) >= 11 is 0. The molecule has 35 nitrogen and oxygen atoms in total. The monoisotopic (exact) mass is 1540 g/mol. The molecule has 614 valence electrons. The van der Waals surface area contributed by atoms with Crippen LogP contribution in [0.15, 0.2) is 11.6 Å². The molecule has 18 N–H and O–H groups in total. The van der Waals surface area contributed by atoms with Crippen molar-refractivity contribution in [1.29, 1.82) is 0 Å². The van der Waals surface area contributed by atoms with Crippen LogP contribution in [0.5, 0.6) is 0 Å². The predicted octanol–water partition coefficient (Wildman–Crippen LogP) is -4.47. The summed E-state index contributed by atoms with van der Waals surface area (Å²) < 4.78 is 83.1. The van der Waals surface area contributed by atoms with Crippen molar-refractivity contribution < 1.29 is 173 Å². The molecular weight excluding hydrogens is 1420 g/mol. The van der Waals surface area contributed by atoms with E-state index in [1.165, 1.54) is 34.6 Å². The molecule has 35 heteroatoms.